The summed E-state index contributed by atoms with van der Waals surface area (Å²) in [5.74, 6) is -4.30. The van der Waals surface area contributed by atoms with Crippen molar-refractivity contribution < 1.29 is 23.8 Å². The summed E-state index contributed by atoms with van der Waals surface area (Å²) in [6.45, 7) is 0. The average Bonchev–Trinajstić information content (AvgIpc) is 3.08. The lowest BCUT2D eigenvalue weighted by Gasteiger charge is -2.18. The minimum Gasteiger partial charge on any atom is -0.505 e. The predicted octanol–water partition coefficient (Wildman–Crippen LogP) is 3.40. The van der Waals surface area contributed by atoms with Gasteiger partial charge in [-0.15, -0.1) is 0 Å². The van der Waals surface area contributed by atoms with Crippen molar-refractivity contribution in [1.29, 1.82) is 0 Å². The van der Waals surface area contributed by atoms with E-state index in [9.17, 15) is 18.7 Å². The Balaban J connectivity index is 2.49. The number of carbonyl (C=O) groups is 1. The molecule has 18 heavy (non-hydrogen) atoms. The first-order valence-electron chi connectivity index (χ1n) is 5.50. The van der Waals surface area contributed by atoms with Gasteiger partial charge >= 0.3 is 5.97 Å². The number of aliphatic carboxylic acids is 1. The largest absolute Gasteiger partial charge is 0.505 e. The number of benzene rings is 1. The summed E-state index contributed by atoms with van der Waals surface area (Å²) in [4.78, 5) is 10.8. The van der Waals surface area contributed by atoms with E-state index in [2.05, 4.69) is 15.9 Å². The Hall–Kier alpha value is -1.17. The van der Waals surface area contributed by atoms with Crippen LogP contribution in [-0.4, -0.2) is 16.2 Å². The number of carboxylic acids is 1. The van der Waals surface area contributed by atoms with Gasteiger partial charge in [-0.2, -0.15) is 0 Å². The molecule has 0 amide bonds. The van der Waals surface area contributed by atoms with Crippen molar-refractivity contribution in [3.05, 3.63) is 27.7 Å². The van der Waals surface area contributed by atoms with Crippen molar-refractivity contribution >= 4 is 21.9 Å². The van der Waals surface area contributed by atoms with Crippen LogP contribution in [-0.2, 0) is 4.79 Å². The summed E-state index contributed by atoms with van der Waals surface area (Å²) < 4.78 is 27.3. The number of hydrogen-bond donors (Lipinski definition) is 2. The van der Waals surface area contributed by atoms with E-state index in [1.807, 2.05) is 0 Å². The van der Waals surface area contributed by atoms with Gasteiger partial charge in [-0.05, 0) is 40.8 Å². The molecule has 0 saturated heterocycles. The van der Waals surface area contributed by atoms with Crippen molar-refractivity contribution in [3.8, 4) is 5.75 Å². The normalized spacial score (nSPS) is 16.6. The molecule has 1 fully saturated rings. The van der Waals surface area contributed by atoms with Gasteiger partial charge in [-0.3, -0.25) is 4.79 Å². The molecule has 0 heterocycles. The smallest absolute Gasteiger partial charge is 0.303 e. The number of aromatic hydroxyl groups is 1. The molecule has 2 N–H and O–H groups in total. The lowest BCUT2D eigenvalue weighted by molar-refractivity contribution is -0.137. The number of halogens is 3. The molecule has 98 valence electrons. The third-order valence-corrected chi connectivity index (χ3v) is 3.71. The second-order valence-electron chi connectivity index (χ2n) is 4.46. The van der Waals surface area contributed by atoms with Gasteiger partial charge in [0.15, 0.2) is 11.6 Å². The maximum absolute atomic E-state index is 14.0. The van der Waals surface area contributed by atoms with Crippen molar-refractivity contribution in [2.75, 3.05) is 0 Å². The molecular weight excluding hydrogens is 310 g/mol. The van der Waals surface area contributed by atoms with Crippen LogP contribution < -0.4 is 0 Å². The Kier molecular flexibility index (Phi) is 3.56. The minimum atomic E-state index is -1.09. The molecule has 1 aliphatic carbocycles. The number of rotatable bonds is 4. The highest BCUT2D eigenvalue weighted by molar-refractivity contribution is 9.10. The summed E-state index contributed by atoms with van der Waals surface area (Å²) in [6, 6.07) is 0.832. The van der Waals surface area contributed by atoms with Crippen LogP contribution in [0.1, 0.15) is 30.7 Å². The molecule has 1 aromatic carbocycles. The van der Waals surface area contributed by atoms with E-state index >= 15 is 0 Å². The van der Waals surface area contributed by atoms with E-state index < -0.39 is 29.3 Å². The Morgan fingerprint density at radius 2 is 2.11 bits per heavy atom. The summed E-state index contributed by atoms with van der Waals surface area (Å²) in [7, 11) is 0. The van der Waals surface area contributed by atoms with Gasteiger partial charge in [0.2, 0.25) is 0 Å². The molecule has 1 atom stereocenters. The van der Waals surface area contributed by atoms with Gasteiger partial charge in [0.25, 0.3) is 0 Å². The van der Waals surface area contributed by atoms with Gasteiger partial charge in [0.1, 0.15) is 5.82 Å². The second kappa shape index (κ2) is 4.84. The molecule has 1 aromatic rings. The summed E-state index contributed by atoms with van der Waals surface area (Å²) in [6.07, 6.45) is 1.22. The number of carboxylic acid groups (broad SMARTS) is 1. The third kappa shape index (κ3) is 2.48. The zero-order valence-corrected chi connectivity index (χ0v) is 10.9. The van der Waals surface area contributed by atoms with Crippen LogP contribution in [0.25, 0.3) is 0 Å². The molecule has 0 aliphatic heterocycles. The molecule has 6 heteroatoms. The van der Waals surface area contributed by atoms with Crippen molar-refractivity contribution in [2.45, 2.75) is 25.2 Å². The highest BCUT2D eigenvalue weighted by Gasteiger charge is 2.38. The molecular formula is C12H11BrF2O3. The average molecular weight is 321 g/mol. The number of phenols is 1. The highest BCUT2D eigenvalue weighted by Crippen LogP contribution is 2.49. The van der Waals surface area contributed by atoms with Crippen molar-refractivity contribution in [1.82, 2.24) is 0 Å². The standard InChI is InChI=1S/C12H11BrF2O3/c13-7-4-8(14)12(18)10(11(7)15)6(3-9(16)17)5-1-2-5/h4-6,18H,1-3H2,(H,16,17). The SMILES string of the molecule is O=C(O)CC(c1c(O)c(F)cc(Br)c1F)C1CC1. The van der Waals surface area contributed by atoms with E-state index in [1.165, 1.54) is 0 Å². The molecule has 0 aromatic heterocycles. The predicted molar refractivity (Wildman–Crippen MR) is 63.4 cm³/mol. The van der Waals surface area contributed by atoms with Gasteiger partial charge in [-0.25, -0.2) is 8.78 Å². The monoisotopic (exact) mass is 320 g/mol. The van der Waals surface area contributed by atoms with Gasteiger partial charge < -0.3 is 10.2 Å². The summed E-state index contributed by atoms with van der Waals surface area (Å²) in [5.41, 5.74) is -0.230. The maximum Gasteiger partial charge on any atom is 0.303 e. The van der Waals surface area contributed by atoms with Crippen LogP contribution in [0, 0.1) is 17.6 Å². The lowest BCUT2D eigenvalue weighted by Crippen LogP contribution is -2.11. The van der Waals surface area contributed by atoms with Crippen molar-refractivity contribution in [3.63, 3.8) is 0 Å². The zero-order valence-electron chi connectivity index (χ0n) is 9.29. The zero-order chi connectivity index (χ0) is 13.4. The first kappa shape index (κ1) is 13.3. The Bertz CT molecular complexity index is 474. The Labute approximate surface area is 111 Å². The summed E-state index contributed by atoms with van der Waals surface area (Å²) in [5, 5.41) is 18.5. The fourth-order valence-corrected chi connectivity index (χ4v) is 2.55. The van der Waals surface area contributed by atoms with E-state index in [0.717, 1.165) is 18.9 Å². The number of phenolic OH excluding ortho intramolecular Hbond substituents is 1. The fourth-order valence-electron chi connectivity index (χ4n) is 2.13. The van der Waals surface area contributed by atoms with Crippen LogP contribution in [0.3, 0.4) is 0 Å². The van der Waals surface area contributed by atoms with E-state index in [1.54, 1.807) is 0 Å². The van der Waals surface area contributed by atoms with E-state index in [-0.39, 0.29) is 22.4 Å². The Morgan fingerprint density at radius 3 is 2.61 bits per heavy atom. The van der Waals surface area contributed by atoms with Gasteiger partial charge in [0.05, 0.1) is 10.9 Å². The molecule has 0 radical (unpaired) electrons. The molecule has 1 saturated carbocycles. The summed E-state index contributed by atoms with van der Waals surface area (Å²) >= 11 is 2.86. The molecule has 1 aliphatic rings. The first-order chi connectivity index (χ1) is 8.41. The van der Waals surface area contributed by atoms with Crippen LogP contribution in [0.5, 0.6) is 5.75 Å². The third-order valence-electron chi connectivity index (χ3n) is 3.14. The molecule has 1 unspecified atom stereocenters. The van der Waals surface area contributed by atoms with Crippen LogP contribution in [0.2, 0.25) is 0 Å². The second-order valence-corrected chi connectivity index (χ2v) is 5.31. The Morgan fingerprint density at radius 1 is 1.50 bits per heavy atom. The maximum atomic E-state index is 14.0. The number of hydrogen-bond acceptors (Lipinski definition) is 2. The van der Waals surface area contributed by atoms with Gasteiger partial charge in [0, 0.05) is 11.5 Å². The van der Waals surface area contributed by atoms with Crippen LogP contribution in [0.4, 0.5) is 8.78 Å². The minimum absolute atomic E-state index is 0.00444. The molecule has 0 spiro atoms. The molecule has 3 nitrogen and oxygen atoms in total. The quantitative estimate of drug-likeness (QED) is 0.836. The lowest BCUT2D eigenvalue weighted by atomic mass is 9.89. The first-order valence-corrected chi connectivity index (χ1v) is 6.29. The van der Waals surface area contributed by atoms with Crippen molar-refractivity contribution in [2.24, 2.45) is 5.92 Å². The highest BCUT2D eigenvalue weighted by atomic mass is 79.9. The van der Waals surface area contributed by atoms with Crippen LogP contribution in [0.15, 0.2) is 10.5 Å². The molecule has 2 rings (SSSR count). The molecule has 0 bridgehead atoms. The fraction of sp³-hybridized carbons (Fsp3) is 0.417. The van der Waals surface area contributed by atoms with Gasteiger partial charge in [-0.1, -0.05) is 0 Å². The van der Waals surface area contributed by atoms with Crippen LogP contribution >= 0.6 is 15.9 Å². The van der Waals surface area contributed by atoms with E-state index in [4.69, 9.17) is 5.11 Å². The van der Waals surface area contributed by atoms with E-state index in [0.29, 0.717) is 0 Å². The topological polar surface area (TPSA) is 57.5 Å².